The highest BCUT2D eigenvalue weighted by molar-refractivity contribution is 7.99. The quantitative estimate of drug-likeness (QED) is 0.723. The molecule has 14 heavy (non-hydrogen) atoms. The van der Waals surface area contributed by atoms with E-state index in [0.29, 0.717) is 6.04 Å². The molecule has 2 nitrogen and oxygen atoms in total. The minimum Gasteiger partial charge on any atom is -0.362 e. The Morgan fingerprint density at radius 3 is 2.79 bits per heavy atom. The third kappa shape index (κ3) is 3.65. The van der Waals surface area contributed by atoms with Crippen LogP contribution in [0.2, 0.25) is 0 Å². The Hall–Kier alpha value is 0.0400. The number of thioether (sulfide) groups is 1. The van der Waals surface area contributed by atoms with Crippen LogP contribution >= 0.6 is 24.0 Å². The molecule has 0 aromatic heterocycles. The average Bonchev–Trinajstić information content (AvgIpc) is 3.00. The van der Waals surface area contributed by atoms with E-state index in [4.69, 9.17) is 12.2 Å². The van der Waals surface area contributed by atoms with Crippen molar-refractivity contribution in [2.75, 3.05) is 12.3 Å². The highest BCUT2D eigenvalue weighted by atomic mass is 32.2. The molecular weight excluding hydrogens is 212 g/mol. The molecule has 0 aromatic carbocycles. The summed E-state index contributed by atoms with van der Waals surface area (Å²) in [7, 11) is 0. The van der Waals surface area contributed by atoms with Gasteiger partial charge in [-0.05, 0) is 43.7 Å². The largest absolute Gasteiger partial charge is 0.362 e. The number of thiocarbonyl (C=S) groups is 1. The first-order valence-electron chi connectivity index (χ1n) is 5.50. The second-order valence-electron chi connectivity index (χ2n) is 4.12. The van der Waals surface area contributed by atoms with Gasteiger partial charge >= 0.3 is 0 Å². The van der Waals surface area contributed by atoms with Crippen molar-refractivity contribution >= 4 is 29.1 Å². The second kappa shape index (κ2) is 5.21. The van der Waals surface area contributed by atoms with Crippen LogP contribution in [0.5, 0.6) is 0 Å². The molecule has 2 aliphatic rings. The van der Waals surface area contributed by atoms with E-state index in [1.165, 1.54) is 37.9 Å². The van der Waals surface area contributed by atoms with Crippen LogP contribution in [0.4, 0.5) is 0 Å². The van der Waals surface area contributed by atoms with Gasteiger partial charge in [-0.1, -0.05) is 6.42 Å². The molecule has 80 valence electrons. The Morgan fingerprint density at radius 1 is 1.29 bits per heavy atom. The fraction of sp³-hybridized carbons (Fsp3) is 0.900. The lowest BCUT2D eigenvalue weighted by Crippen LogP contribution is -2.40. The molecule has 0 aromatic rings. The van der Waals surface area contributed by atoms with Crippen molar-refractivity contribution in [1.82, 2.24) is 10.6 Å². The average molecular weight is 230 g/mol. The van der Waals surface area contributed by atoms with Gasteiger partial charge in [0.25, 0.3) is 0 Å². The summed E-state index contributed by atoms with van der Waals surface area (Å²) in [5.41, 5.74) is 0. The van der Waals surface area contributed by atoms with Gasteiger partial charge in [0.05, 0.1) is 0 Å². The summed E-state index contributed by atoms with van der Waals surface area (Å²) < 4.78 is 0. The maximum atomic E-state index is 5.21. The van der Waals surface area contributed by atoms with Crippen molar-refractivity contribution in [1.29, 1.82) is 0 Å². The fourth-order valence-corrected chi connectivity index (χ4v) is 3.13. The minimum absolute atomic E-state index is 0.675. The van der Waals surface area contributed by atoms with Gasteiger partial charge in [0, 0.05) is 17.8 Å². The lowest BCUT2D eigenvalue weighted by molar-refractivity contribution is 0.646. The highest BCUT2D eigenvalue weighted by Gasteiger charge is 2.22. The molecule has 1 unspecified atom stereocenters. The Morgan fingerprint density at radius 2 is 2.14 bits per heavy atom. The standard InChI is InChI=1S/C10H18N2S2/c13-10(12-8-4-5-8)11-7-9-3-1-2-6-14-9/h8-9H,1-7H2,(H2,11,12,13). The van der Waals surface area contributed by atoms with Gasteiger partial charge in [-0.2, -0.15) is 11.8 Å². The van der Waals surface area contributed by atoms with E-state index in [1.807, 2.05) is 0 Å². The zero-order chi connectivity index (χ0) is 9.80. The predicted molar refractivity (Wildman–Crippen MR) is 66.9 cm³/mol. The van der Waals surface area contributed by atoms with Gasteiger partial charge in [0.15, 0.2) is 5.11 Å². The summed E-state index contributed by atoms with van der Waals surface area (Å²) in [6.45, 7) is 1.04. The van der Waals surface area contributed by atoms with Crippen molar-refractivity contribution in [3.63, 3.8) is 0 Å². The molecule has 0 amide bonds. The van der Waals surface area contributed by atoms with Crippen LogP contribution in [-0.2, 0) is 0 Å². The third-order valence-corrected chi connectivity index (χ3v) is 4.34. The van der Waals surface area contributed by atoms with E-state index in [-0.39, 0.29) is 0 Å². The molecular formula is C10H18N2S2. The minimum atomic E-state index is 0.675. The summed E-state index contributed by atoms with van der Waals surface area (Å²) in [6.07, 6.45) is 6.72. The van der Waals surface area contributed by atoms with Gasteiger partial charge in [-0.25, -0.2) is 0 Å². The topological polar surface area (TPSA) is 24.1 Å². The van der Waals surface area contributed by atoms with Crippen LogP contribution in [-0.4, -0.2) is 28.7 Å². The highest BCUT2D eigenvalue weighted by Crippen LogP contribution is 2.24. The van der Waals surface area contributed by atoms with Crippen molar-refractivity contribution in [2.45, 2.75) is 43.4 Å². The first-order valence-corrected chi connectivity index (χ1v) is 6.96. The maximum Gasteiger partial charge on any atom is 0.166 e. The van der Waals surface area contributed by atoms with Gasteiger partial charge in [0.2, 0.25) is 0 Å². The first kappa shape index (κ1) is 10.6. The third-order valence-electron chi connectivity index (χ3n) is 2.68. The molecule has 4 heteroatoms. The lowest BCUT2D eigenvalue weighted by Gasteiger charge is -2.22. The van der Waals surface area contributed by atoms with Crippen LogP contribution in [0.3, 0.4) is 0 Å². The van der Waals surface area contributed by atoms with Crippen molar-refractivity contribution in [2.24, 2.45) is 0 Å². The fourth-order valence-electron chi connectivity index (χ4n) is 1.64. The summed E-state index contributed by atoms with van der Waals surface area (Å²) in [4.78, 5) is 0. The Balaban J connectivity index is 1.57. The Bertz CT molecular complexity index is 198. The maximum absolute atomic E-state index is 5.21. The normalized spacial score (nSPS) is 27.0. The SMILES string of the molecule is S=C(NCC1CCCCS1)NC1CC1. The molecule has 0 spiro atoms. The van der Waals surface area contributed by atoms with Gasteiger partial charge in [0.1, 0.15) is 0 Å². The van der Waals surface area contributed by atoms with E-state index in [1.54, 1.807) is 0 Å². The summed E-state index contributed by atoms with van der Waals surface area (Å²) in [5, 5.41) is 8.27. The summed E-state index contributed by atoms with van der Waals surface area (Å²) >= 11 is 7.30. The first-order chi connectivity index (χ1) is 6.84. The van der Waals surface area contributed by atoms with E-state index < -0.39 is 0 Å². The molecule has 2 fully saturated rings. The molecule has 1 saturated carbocycles. The molecule has 0 bridgehead atoms. The molecule has 1 heterocycles. The van der Waals surface area contributed by atoms with Crippen molar-refractivity contribution in [3.05, 3.63) is 0 Å². The van der Waals surface area contributed by atoms with Crippen LogP contribution < -0.4 is 10.6 Å². The van der Waals surface area contributed by atoms with Gasteiger partial charge < -0.3 is 10.6 Å². The molecule has 1 atom stereocenters. The van der Waals surface area contributed by atoms with Crippen molar-refractivity contribution < 1.29 is 0 Å². The van der Waals surface area contributed by atoms with Gasteiger partial charge in [-0.3, -0.25) is 0 Å². The molecule has 1 saturated heterocycles. The predicted octanol–water partition coefficient (Wildman–Crippen LogP) is 1.90. The smallest absolute Gasteiger partial charge is 0.166 e. The van der Waals surface area contributed by atoms with E-state index >= 15 is 0 Å². The van der Waals surface area contributed by atoms with E-state index in [2.05, 4.69) is 22.4 Å². The Kier molecular flexibility index (Phi) is 3.93. The number of rotatable bonds is 3. The zero-order valence-electron chi connectivity index (χ0n) is 8.42. The number of nitrogens with one attached hydrogen (secondary N) is 2. The summed E-state index contributed by atoms with van der Waals surface area (Å²) in [6, 6.07) is 0.675. The van der Waals surface area contributed by atoms with E-state index in [9.17, 15) is 0 Å². The van der Waals surface area contributed by atoms with Crippen LogP contribution in [0.15, 0.2) is 0 Å². The zero-order valence-corrected chi connectivity index (χ0v) is 10.1. The molecule has 1 aliphatic heterocycles. The van der Waals surface area contributed by atoms with Crippen LogP contribution in [0.25, 0.3) is 0 Å². The van der Waals surface area contributed by atoms with Crippen LogP contribution in [0.1, 0.15) is 32.1 Å². The lowest BCUT2D eigenvalue weighted by atomic mass is 10.2. The van der Waals surface area contributed by atoms with Gasteiger partial charge in [-0.15, -0.1) is 0 Å². The summed E-state index contributed by atoms with van der Waals surface area (Å²) in [5.74, 6) is 1.33. The molecule has 1 aliphatic carbocycles. The Labute approximate surface area is 95.6 Å². The number of hydrogen-bond donors (Lipinski definition) is 2. The molecule has 2 rings (SSSR count). The molecule has 0 radical (unpaired) electrons. The monoisotopic (exact) mass is 230 g/mol. The molecule has 2 N–H and O–H groups in total. The second-order valence-corrected chi connectivity index (χ2v) is 5.93. The number of hydrogen-bond acceptors (Lipinski definition) is 2. The van der Waals surface area contributed by atoms with Crippen molar-refractivity contribution in [3.8, 4) is 0 Å². The van der Waals surface area contributed by atoms with Crippen LogP contribution in [0, 0.1) is 0 Å². The van der Waals surface area contributed by atoms with E-state index in [0.717, 1.165) is 16.9 Å².